The molecule has 19 heavy (non-hydrogen) atoms. The Labute approximate surface area is 110 Å². The van der Waals surface area contributed by atoms with Gasteiger partial charge in [-0.05, 0) is 44.2 Å². The molecule has 2 N–H and O–H groups in total. The number of aliphatic hydroxyl groups is 1. The molecule has 2 fully saturated rings. The van der Waals surface area contributed by atoms with Crippen molar-refractivity contribution in [3.05, 3.63) is 18.0 Å². The lowest BCUT2D eigenvalue weighted by atomic mass is 9.80. The monoisotopic (exact) mass is 259 g/mol. The predicted molar refractivity (Wildman–Crippen MR) is 70.0 cm³/mol. The van der Waals surface area contributed by atoms with Crippen LogP contribution in [0.15, 0.2) is 12.1 Å². The van der Waals surface area contributed by atoms with E-state index in [1.807, 2.05) is 16.6 Å². The van der Waals surface area contributed by atoms with Crippen molar-refractivity contribution in [3.8, 4) is 0 Å². The fraction of sp³-hybridized carbons (Fsp3) is 0.615. The molecule has 2 saturated carbocycles. The Kier molecular flexibility index (Phi) is 2.29. The standard InChI is InChI=1S/C13H17N5O/c19-13(6-1-7-13)8-14-10-4-5-11-15-16-12(9-2-3-9)18(11)17-10/h4-5,9,19H,1-3,6-8H2,(H,14,17). The molecule has 0 aromatic carbocycles. The van der Waals surface area contributed by atoms with E-state index in [-0.39, 0.29) is 0 Å². The smallest absolute Gasteiger partial charge is 0.178 e. The zero-order valence-corrected chi connectivity index (χ0v) is 10.7. The average molecular weight is 259 g/mol. The minimum absolute atomic E-state index is 0.522. The van der Waals surface area contributed by atoms with Crippen LogP contribution >= 0.6 is 0 Å². The van der Waals surface area contributed by atoms with Gasteiger partial charge in [0.15, 0.2) is 11.5 Å². The first-order valence-corrected chi connectivity index (χ1v) is 6.92. The van der Waals surface area contributed by atoms with E-state index in [1.54, 1.807) is 0 Å². The molecule has 0 aliphatic heterocycles. The highest BCUT2D eigenvalue weighted by atomic mass is 16.3. The number of anilines is 1. The van der Waals surface area contributed by atoms with E-state index in [0.717, 1.165) is 36.6 Å². The van der Waals surface area contributed by atoms with Crippen molar-refractivity contribution in [2.24, 2.45) is 0 Å². The number of nitrogens with one attached hydrogen (secondary N) is 1. The quantitative estimate of drug-likeness (QED) is 0.866. The summed E-state index contributed by atoms with van der Waals surface area (Å²) in [5, 5.41) is 26.2. The second-order valence-electron chi connectivity index (χ2n) is 5.75. The van der Waals surface area contributed by atoms with Crippen LogP contribution in [0.4, 0.5) is 5.82 Å². The Bertz CT molecular complexity index is 615. The zero-order valence-electron chi connectivity index (χ0n) is 10.7. The number of hydrogen-bond donors (Lipinski definition) is 2. The van der Waals surface area contributed by atoms with E-state index in [4.69, 9.17) is 0 Å². The lowest BCUT2D eigenvalue weighted by molar-refractivity contribution is -0.0202. The van der Waals surface area contributed by atoms with Gasteiger partial charge in [-0.25, -0.2) is 0 Å². The molecule has 0 unspecified atom stereocenters. The van der Waals surface area contributed by atoms with Gasteiger partial charge >= 0.3 is 0 Å². The van der Waals surface area contributed by atoms with Crippen molar-refractivity contribution in [2.45, 2.75) is 43.6 Å². The summed E-state index contributed by atoms with van der Waals surface area (Å²) in [5.74, 6) is 2.25. The first kappa shape index (κ1) is 11.2. The van der Waals surface area contributed by atoms with Crippen LogP contribution in [0.3, 0.4) is 0 Å². The van der Waals surface area contributed by atoms with Crippen LogP contribution in [0.1, 0.15) is 43.8 Å². The molecular formula is C13H17N5O. The highest BCUT2D eigenvalue weighted by Gasteiger charge is 2.34. The van der Waals surface area contributed by atoms with E-state index in [1.165, 1.54) is 12.8 Å². The molecule has 0 atom stereocenters. The Balaban J connectivity index is 1.58. The molecule has 0 radical (unpaired) electrons. The van der Waals surface area contributed by atoms with Crippen LogP contribution in [0.5, 0.6) is 0 Å². The third-order valence-corrected chi connectivity index (χ3v) is 4.11. The van der Waals surface area contributed by atoms with Crippen molar-refractivity contribution in [1.29, 1.82) is 0 Å². The highest BCUT2D eigenvalue weighted by molar-refractivity contribution is 5.44. The maximum Gasteiger partial charge on any atom is 0.178 e. The summed E-state index contributed by atoms with van der Waals surface area (Å²) >= 11 is 0. The van der Waals surface area contributed by atoms with Gasteiger partial charge in [0.05, 0.1) is 5.60 Å². The molecule has 0 amide bonds. The van der Waals surface area contributed by atoms with Crippen LogP contribution in [0, 0.1) is 0 Å². The molecule has 2 aromatic rings. The second-order valence-corrected chi connectivity index (χ2v) is 5.75. The number of hydrogen-bond acceptors (Lipinski definition) is 5. The van der Waals surface area contributed by atoms with Crippen LogP contribution in [0.2, 0.25) is 0 Å². The molecule has 6 heteroatoms. The van der Waals surface area contributed by atoms with Gasteiger partial charge in [0.2, 0.25) is 0 Å². The van der Waals surface area contributed by atoms with Crippen LogP contribution in [0.25, 0.3) is 5.65 Å². The van der Waals surface area contributed by atoms with Gasteiger partial charge < -0.3 is 10.4 Å². The number of aromatic nitrogens is 4. The number of rotatable bonds is 4. The lowest BCUT2D eigenvalue weighted by Crippen LogP contribution is -2.43. The van der Waals surface area contributed by atoms with Gasteiger partial charge in [-0.15, -0.1) is 15.3 Å². The average Bonchev–Trinajstić information content (AvgIpc) is 3.14. The van der Waals surface area contributed by atoms with Gasteiger partial charge in [0, 0.05) is 12.5 Å². The van der Waals surface area contributed by atoms with E-state index in [0.29, 0.717) is 12.5 Å². The first-order chi connectivity index (χ1) is 9.23. The van der Waals surface area contributed by atoms with Crippen molar-refractivity contribution in [3.63, 3.8) is 0 Å². The fourth-order valence-electron chi connectivity index (χ4n) is 2.51. The largest absolute Gasteiger partial charge is 0.388 e. The van der Waals surface area contributed by atoms with Crippen LogP contribution in [-0.4, -0.2) is 37.1 Å². The first-order valence-electron chi connectivity index (χ1n) is 6.92. The minimum Gasteiger partial charge on any atom is -0.388 e. The summed E-state index contributed by atoms with van der Waals surface area (Å²) in [6.07, 6.45) is 5.23. The Morgan fingerprint density at radius 1 is 1.32 bits per heavy atom. The van der Waals surface area contributed by atoms with Crippen LogP contribution < -0.4 is 5.32 Å². The molecular weight excluding hydrogens is 242 g/mol. The van der Waals surface area contributed by atoms with Crippen molar-refractivity contribution in [1.82, 2.24) is 19.8 Å². The van der Waals surface area contributed by atoms with Gasteiger partial charge in [-0.3, -0.25) is 0 Å². The molecule has 0 bridgehead atoms. The van der Waals surface area contributed by atoms with Gasteiger partial charge in [0.1, 0.15) is 5.82 Å². The molecule has 6 nitrogen and oxygen atoms in total. The van der Waals surface area contributed by atoms with E-state index < -0.39 is 5.60 Å². The zero-order chi connectivity index (χ0) is 12.9. The van der Waals surface area contributed by atoms with E-state index in [9.17, 15) is 5.11 Å². The third-order valence-electron chi connectivity index (χ3n) is 4.11. The summed E-state index contributed by atoms with van der Waals surface area (Å²) in [6.45, 7) is 0.562. The minimum atomic E-state index is -0.539. The lowest BCUT2D eigenvalue weighted by Gasteiger charge is -2.36. The van der Waals surface area contributed by atoms with Gasteiger partial charge in [0.25, 0.3) is 0 Å². The molecule has 2 aliphatic carbocycles. The normalized spacial score (nSPS) is 21.3. The topological polar surface area (TPSA) is 75.3 Å². The summed E-state index contributed by atoms with van der Waals surface area (Å²) in [5.41, 5.74) is 0.248. The van der Waals surface area contributed by atoms with E-state index in [2.05, 4.69) is 20.6 Å². The maximum absolute atomic E-state index is 10.1. The maximum atomic E-state index is 10.1. The molecule has 2 aliphatic rings. The van der Waals surface area contributed by atoms with E-state index >= 15 is 0 Å². The fourth-order valence-corrected chi connectivity index (χ4v) is 2.51. The summed E-state index contributed by atoms with van der Waals surface area (Å²) < 4.78 is 1.82. The molecule has 100 valence electrons. The van der Waals surface area contributed by atoms with Crippen molar-refractivity contribution in [2.75, 3.05) is 11.9 Å². The van der Waals surface area contributed by atoms with Crippen molar-refractivity contribution < 1.29 is 5.11 Å². The van der Waals surface area contributed by atoms with Crippen LogP contribution in [-0.2, 0) is 0 Å². The molecule has 0 saturated heterocycles. The predicted octanol–water partition coefficient (Wildman–Crippen LogP) is 1.33. The Morgan fingerprint density at radius 3 is 2.84 bits per heavy atom. The molecule has 2 heterocycles. The number of nitrogens with zero attached hydrogens (tertiary/aromatic N) is 4. The van der Waals surface area contributed by atoms with Crippen molar-refractivity contribution >= 4 is 11.5 Å². The van der Waals surface area contributed by atoms with Gasteiger partial charge in [-0.2, -0.15) is 4.52 Å². The SMILES string of the molecule is OC1(CNc2ccc3nnc(C4CC4)n3n2)CCC1. The Hall–Kier alpha value is -1.69. The number of fused-ring (bicyclic) bond motifs is 1. The van der Waals surface area contributed by atoms with Gasteiger partial charge in [-0.1, -0.05) is 0 Å². The summed E-state index contributed by atoms with van der Waals surface area (Å²) in [7, 11) is 0. The third kappa shape index (κ3) is 1.96. The Morgan fingerprint density at radius 2 is 2.16 bits per heavy atom. The molecule has 2 aromatic heterocycles. The highest BCUT2D eigenvalue weighted by Crippen LogP contribution is 2.38. The molecule has 4 rings (SSSR count). The summed E-state index contributed by atoms with van der Waals surface area (Å²) in [6, 6.07) is 3.81. The summed E-state index contributed by atoms with van der Waals surface area (Å²) in [4.78, 5) is 0. The molecule has 0 spiro atoms. The second kappa shape index (κ2) is 3.90.